The molecule has 0 aliphatic heterocycles. The fourth-order valence-corrected chi connectivity index (χ4v) is 2.66. The third-order valence-electron chi connectivity index (χ3n) is 4.31. The van der Waals surface area contributed by atoms with E-state index in [1.807, 2.05) is 32.7 Å². The average molecular weight is 470 g/mol. The van der Waals surface area contributed by atoms with Crippen LogP contribution in [0.1, 0.15) is 29.4 Å². The van der Waals surface area contributed by atoms with Crippen molar-refractivity contribution in [2.75, 3.05) is 25.5 Å². The first-order valence-electron chi connectivity index (χ1n) is 8.69. The first-order chi connectivity index (χ1) is 11.9. The summed E-state index contributed by atoms with van der Waals surface area (Å²) >= 11 is 0. The fraction of sp³-hybridized carbons (Fsp3) is 0.474. The van der Waals surface area contributed by atoms with Crippen LogP contribution >= 0.6 is 24.0 Å². The summed E-state index contributed by atoms with van der Waals surface area (Å²) < 4.78 is 1.92. The van der Waals surface area contributed by atoms with Crippen LogP contribution in [0.2, 0.25) is 0 Å². The van der Waals surface area contributed by atoms with Gasteiger partial charge in [0.2, 0.25) is 0 Å². The van der Waals surface area contributed by atoms with Gasteiger partial charge in [-0.25, -0.2) is 4.99 Å². The van der Waals surface area contributed by atoms with Crippen molar-refractivity contribution in [1.29, 1.82) is 0 Å². The number of aryl methyl sites for hydroxylation is 2. The van der Waals surface area contributed by atoms with Crippen molar-refractivity contribution in [3.05, 3.63) is 46.8 Å². The molecule has 0 bridgehead atoms. The molecule has 0 radical (unpaired) electrons. The highest BCUT2D eigenvalue weighted by Gasteiger charge is 2.09. The molecule has 1 heterocycles. The lowest BCUT2D eigenvalue weighted by molar-refractivity contribution is 0.728. The Labute approximate surface area is 174 Å². The molecule has 2 rings (SSSR count). The number of rotatable bonds is 6. The van der Waals surface area contributed by atoms with E-state index in [0.29, 0.717) is 6.54 Å². The number of halogens is 1. The summed E-state index contributed by atoms with van der Waals surface area (Å²) in [6, 6.07) is 8.48. The van der Waals surface area contributed by atoms with Gasteiger partial charge in [0.25, 0.3) is 0 Å². The first kappa shape index (κ1) is 22.3. The summed E-state index contributed by atoms with van der Waals surface area (Å²) in [4.78, 5) is 6.79. The molecule has 0 atom stereocenters. The topological polar surface area (TPSA) is 57.5 Å². The maximum atomic E-state index is 4.69. The highest BCUT2D eigenvalue weighted by molar-refractivity contribution is 14.0. The van der Waals surface area contributed by atoms with Gasteiger partial charge in [-0.3, -0.25) is 4.68 Å². The molecular formula is C19H31IN6. The van der Waals surface area contributed by atoms with Gasteiger partial charge in [-0.1, -0.05) is 12.1 Å². The van der Waals surface area contributed by atoms with Crippen LogP contribution in [-0.2, 0) is 20.1 Å². The Morgan fingerprint density at radius 3 is 2.31 bits per heavy atom. The number of hydrogen-bond donors (Lipinski definition) is 2. The zero-order valence-corrected chi connectivity index (χ0v) is 19.0. The third-order valence-corrected chi connectivity index (χ3v) is 4.31. The van der Waals surface area contributed by atoms with Gasteiger partial charge in [0.15, 0.2) is 5.96 Å². The second-order valence-corrected chi connectivity index (χ2v) is 6.38. The molecule has 0 aliphatic rings. The quantitative estimate of drug-likeness (QED) is 0.387. The Kier molecular flexibility index (Phi) is 8.91. The molecule has 144 valence electrons. The highest BCUT2D eigenvalue weighted by Crippen LogP contribution is 2.13. The van der Waals surface area contributed by atoms with Crippen molar-refractivity contribution in [3.8, 4) is 0 Å². The predicted molar refractivity (Wildman–Crippen MR) is 121 cm³/mol. The van der Waals surface area contributed by atoms with Gasteiger partial charge in [-0.2, -0.15) is 5.10 Å². The largest absolute Gasteiger partial charge is 0.378 e. The highest BCUT2D eigenvalue weighted by atomic mass is 127. The van der Waals surface area contributed by atoms with E-state index in [4.69, 9.17) is 4.99 Å². The molecule has 1 aromatic heterocycles. The summed E-state index contributed by atoms with van der Waals surface area (Å²) in [5.41, 5.74) is 5.85. The molecule has 0 amide bonds. The lowest BCUT2D eigenvalue weighted by Gasteiger charge is -2.13. The van der Waals surface area contributed by atoms with E-state index in [1.54, 1.807) is 0 Å². The van der Waals surface area contributed by atoms with Crippen LogP contribution in [0.5, 0.6) is 0 Å². The molecule has 0 aliphatic carbocycles. The first-order valence-corrected chi connectivity index (χ1v) is 8.69. The molecule has 1 aromatic carbocycles. The number of aliphatic imine (C=N–C) groups is 1. The Morgan fingerprint density at radius 1 is 1.15 bits per heavy atom. The monoisotopic (exact) mass is 470 g/mol. The van der Waals surface area contributed by atoms with Gasteiger partial charge in [0, 0.05) is 51.2 Å². The van der Waals surface area contributed by atoms with Gasteiger partial charge in [0.1, 0.15) is 0 Å². The van der Waals surface area contributed by atoms with E-state index in [-0.39, 0.29) is 24.0 Å². The zero-order valence-electron chi connectivity index (χ0n) is 16.6. The molecule has 0 saturated carbocycles. The summed E-state index contributed by atoms with van der Waals surface area (Å²) in [6.07, 6.45) is 0. The summed E-state index contributed by atoms with van der Waals surface area (Å²) in [6.45, 7) is 8.40. The van der Waals surface area contributed by atoms with Gasteiger partial charge in [0.05, 0.1) is 12.2 Å². The van der Waals surface area contributed by atoms with Gasteiger partial charge in [-0.05, 0) is 38.5 Å². The maximum Gasteiger partial charge on any atom is 0.191 e. The number of guanidine groups is 1. The van der Waals surface area contributed by atoms with E-state index in [1.165, 1.54) is 22.5 Å². The zero-order chi connectivity index (χ0) is 18.4. The Morgan fingerprint density at radius 2 is 1.81 bits per heavy atom. The van der Waals surface area contributed by atoms with Gasteiger partial charge < -0.3 is 15.5 Å². The third kappa shape index (κ3) is 5.89. The molecule has 0 fully saturated rings. The van der Waals surface area contributed by atoms with E-state index >= 15 is 0 Å². The lowest BCUT2D eigenvalue weighted by atomic mass is 10.2. The standard InChI is InChI=1S/C19H30N6.HI/c1-7-20-19(22-13-18-14(2)23-25(6)15(18)3)21-12-16-8-10-17(11-9-16)24(4)5;/h8-11H,7,12-13H2,1-6H3,(H2,20,21,22);1H. The van der Waals surface area contributed by atoms with Crippen LogP contribution in [-0.4, -0.2) is 36.4 Å². The second kappa shape index (κ2) is 10.4. The Bertz CT molecular complexity index is 718. The van der Waals surface area contributed by atoms with Crippen LogP contribution in [0.3, 0.4) is 0 Å². The van der Waals surface area contributed by atoms with E-state index < -0.39 is 0 Å². The summed E-state index contributed by atoms with van der Waals surface area (Å²) in [5, 5.41) is 11.2. The van der Waals surface area contributed by atoms with E-state index in [2.05, 4.69) is 58.7 Å². The van der Waals surface area contributed by atoms with Crippen LogP contribution in [0.15, 0.2) is 29.3 Å². The predicted octanol–water partition coefficient (Wildman–Crippen LogP) is 2.98. The number of nitrogens with one attached hydrogen (secondary N) is 2. The molecule has 7 heteroatoms. The van der Waals surface area contributed by atoms with Crippen molar-refractivity contribution in [2.45, 2.75) is 33.9 Å². The number of nitrogens with zero attached hydrogens (tertiary/aromatic N) is 4. The molecule has 2 aromatic rings. The minimum atomic E-state index is 0. The molecule has 0 spiro atoms. The smallest absolute Gasteiger partial charge is 0.191 e. The van der Waals surface area contributed by atoms with E-state index in [0.717, 1.165) is 24.7 Å². The molecule has 26 heavy (non-hydrogen) atoms. The normalized spacial score (nSPS) is 11.1. The van der Waals surface area contributed by atoms with Crippen LogP contribution in [0, 0.1) is 13.8 Å². The van der Waals surface area contributed by atoms with Crippen molar-refractivity contribution < 1.29 is 0 Å². The van der Waals surface area contributed by atoms with E-state index in [9.17, 15) is 0 Å². The molecule has 0 saturated heterocycles. The maximum absolute atomic E-state index is 4.69. The molecule has 0 unspecified atom stereocenters. The summed E-state index contributed by atoms with van der Waals surface area (Å²) in [7, 11) is 6.06. The van der Waals surface area contributed by atoms with Crippen LogP contribution in [0.4, 0.5) is 5.69 Å². The number of aromatic nitrogens is 2. The minimum absolute atomic E-state index is 0. The molecular weight excluding hydrogens is 439 g/mol. The molecule has 6 nitrogen and oxygen atoms in total. The molecule has 2 N–H and O–H groups in total. The van der Waals surface area contributed by atoms with Crippen LogP contribution < -0.4 is 15.5 Å². The van der Waals surface area contributed by atoms with Crippen molar-refractivity contribution in [1.82, 2.24) is 20.4 Å². The minimum Gasteiger partial charge on any atom is -0.378 e. The lowest BCUT2D eigenvalue weighted by Crippen LogP contribution is -2.37. The Balaban J connectivity index is 0.00000338. The number of anilines is 1. The fourth-order valence-electron chi connectivity index (χ4n) is 2.66. The Hall–Kier alpha value is -1.77. The van der Waals surface area contributed by atoms with Crippen molar-refractivity contribution in [3.63, 3.8) is 0 Å². The van der Waals surface area contributed by atoms with Crippen molar-refractivity contribution in [2.24, 2.45) is 12.0 Å². The van der Waals surface area contributed by atoms with Gasteiger partial charge in [-0.15, -0.1) is 24.0 Å². The summed E-state index contributed by atoms with van der Waals surface area (Å²) in [5.74, 6) is 0.821. The average Bonchev–Trinajstić information content (AvgIpc) is 2.83. The van der Waals surface area contributed by atoms with Crippen molar-refractivity contribution >= 4 is 35.6 Å². The second-order valence-electron chi connectivity index (χ2n) is 6.38. The van der Waals surface area contributed by atoms with Gasteiger partial charge >= 0.3 is 0 Å². The number of benzene rings is 1. The number of hydrogen-bond acceptors (Lipinski definition) is 3. The SMILES string of the molecule is CCNC(=NCc1ccc(N(C)C)cc1)NCc1c(C)nn(C)c1C.I. The van der Waals surface area contributed by atoms with Crippen LogP contribution in [0.25, 0.3) is 0 Å².